The Kier molecular flexibility index (Phi) is 5.46. The summed E-state index contributed by atoms with van der Waals surface area (Å²) in [5.74, 6) is -1.04. The van der Waals surface area contributed by atoms with Crippen LogP contribution < -0.4 is 5.73 Å². The van der Waals surface area contributed by atoms with Crippen LogP contribution in [0.25, 0.3) is 0 Å². The van der Waals surface area contributed by atoms with Crippen LogP contribution in [0.3, 0.4) is 0 Å². The molecule has 30 heavy (non-hydrogen) atoms. The van der Waals surface area contributed by atoms with E-state index in [1.807, 2.05) is 60.8 Å². The van der Waals surface area contributed by atoms with Gasteiger partial charge in [0.1, 0.15) is 11.6 Å². The summed E-state index contributed by atoms with van der Waals surface area (Å²) in [5.41, 5.74) is 8.96. The van der Waals surface area contributed by atoms with E-state index < -0.39 is 17.6 Å². The number of carboxylic acids is 1. The number of aliphatic carboxylic acids is 1. The minimum absolute atomic E-state index is 0.163. The highest BCUT2D eigenvalue weighted by Gasteiger charge is 2.38. The van der Waals surface area contributed by atoms with E-state index in [2.05, 4.69) is 45.9 Å². The third-order valence-corrected chi connectivity index (χ3v) is 5.34. The minimum Gasteiger partial charge on any atom is -0.480 e. The average Bonchev–Trinajstić information content (AvgIpc) is 3.25. The second kappa shape index (κ2) is 8.35. The maximum Gasteiger partial charge on any atom is 0.320 e. The van der Waals surface area contributed by atoms with Gasteiger partial charge in [-0.05, 0) is 16.7 Å². The van der Waals surface area contributed by atoms with Gasteiger partial charge in [-0.2, -0.15) is 0 Å². The molecule has 0 aliphatic carbocycles. The zero-order chi connectivity index (χ0) is 21.0. The van der Waals surface area contributed by atoms with Crippen LogP contribution in [0.4, 0.5) is 0 Å². The largest absolute Gasteiger partial charge is 0.480 e. The lowest BCUT2D eigenvalue weighted by molar-refractivity contribution is -0.138. The van der Waals surface area contributed by atoms with Crippen molar-refractivity contribution in [2.24, 2.45) is 5.73 Å². The molecule has 0 saturated carbocycles. The maximum atomic E-state index is 11.2. The van der Waals surface area contributed by atoms with Crippen molar-refractivity contribution in [2.45, 2.75) is 18.0 Å². The van der Waals surface area contributed by atoms with Gasteiger partial charge in [0, 0.05) is 12.6 Å². The molecule has 150 valence electrons. The van der Waals surface area contributed by atoms with Gasteiger partial charge in [0.15, 0.2) is 0 Å². The van der Waals surface area contributed by atoms with Gasteiger partial charge in [0.2, 0.25) is 0 Å². The standard InChI is InChI=1S/C25H23N3O2/c26-23(24(29)30)16-22-17-28(18-27-22)25(19-10-4-1-5-11-19,20-12-6-2-7-13-20)21-14-8-3-9-15-21/h1-15,17-18,23H,16,26H2,(H,29,30)/t23-/m0/s1. The molecule has 5 nitrogen and oxygen atoms in total. The van der Waals surface area contributed by atoms with E-state index in [1.165, 1.54) is 0 Å². The van der Waals surface area contributed by atoms with Crippen molar-refractivity contribution in [3.05, 3.63) is 126 Å². The van der Waals surface area contributed by atoms with Crippen LogP contribution >= 0.6 is 0 Å². The highest BCUT2D eigenvalue weighted by Crippen LogP contribution is 2.40. The van der Waals surface area contributed by atoms with Gasteiger partial charge < -0.3 is 15.4 Å². The molecule has 3 N–H and O–H groups in total. The number of nitrogens with two attached hydrogens (primary N) is 1. The summed E-state index contributed by atoms with van der Waals surface area (Å²) in [6, 6.07) is 29.7. The van der Waals surface area contributed by atoms with Crippen molar-refractivity contribution in [1.29, 1.82) is 0 Å². The van der Waals surface area contributed by atoms with E-state index in [0.29, 0.717) is 5.69 Å². The molecular formula is C25H23N3O2. The molecule has 0 amide bonds. The molecule has 1 atom stereocenters. The first-order chi connectivity index (χ1) is 14.6. The molecular weight excluding hydrogens is 374 g/mol. The van der Waals surface area contributed by atoms with Crippen LogP contribution in [0, 0.1) is 0 Å². The lowest BCUT2D eigenvalue weighted by Crippen LogP contribution is -2.37. The smallest absolute Gasteiger partial charge is 0.320 e. The summed E-state index contributed by atoms with van der Waals surface area (Å²) in [4.78, 5) is 15.7. The Balaban J connectivity index is 1.97. The molecule has 3 aromatic carbocycles. The molecule has 1 aromatic heterocycles. The topological polar surface area (TPSA) is 81.1 Å². The third-order valence-electron chi connectivity index (χ3n) is 5.34. The first kappa shape index (κ1) is 19.6. The molecule has 0 aliphatic rings. The zero-order valence-corrected chi connectivity index (χ0v) is 16.4. The van der Waals surface area contributed by atoms with E-state index in [1.54, 1.807) is 6.33 Å². The van der Waals surface area contributed by atoms with Crippen molar-refractivity contribution in [3.8, 4) is 0 Å². The van der Waals surface area contributed by atoms with Gasteiger partial charge in [-0.25, -0.2) is 4.98 Å². The summed E-state index contributed by atoms with van der Waals surface area (Å²) in [6.07, 6.45) is 3.82. The highest BCUT2D eigenvalue weighted by molar-refractivity contribution is 5.73. The fraction of sp³-hybridized carbons (Fsp3) is 0.120. The Hall–Kier alpha value is -3.70. The zero-order valence-electron chi connectivity index (χ0n) is 16.4. The SMILES string of the molecule is N[C@@H](Cc1cn(C(c2ccccc2)(c2ccccc2)c2ccccc2)cn1)C(=O)O. The maximum absolute atomic E-state index is 11.2. The van der Waals surface area contributed by atoms with Gasteiger partial charge in [-0.15, -0.1) is 0 Å². The van der Waals surface area contributed by atoms with Crippen LogP contribution in [0.15, 0.2) is 104 Å². The number of carboxylic acid groups (broad SMARTS) is 1. The fourth-order valence-electron chi connectivity index (χ4n) is 3.95. The monoisotopic (exact) mass is 397 g/mol. The number of hydrogen-bond donors (Lipinski definition) is 2. The van der Waals surface area contributed by atoms with Crippen molar-refractivity contribution in [2.75, 3.05) is 0 Å². The summed E-state index contributed by atoms with van der Waals surface area (Å²) in [5, 5.41) is 9.18. The quantitative estimate of drug-likeness (QED) is 0.466. The second-order valence-electron chi connectivity index (χ2n) is 7.23. The van der Waals surface area contributed by atoms with Crippen LogP contribution in [0.1, 0.15) is 22.4 Å². The predicted molar refractivity (Wildman–Crippen MR) is 116 cm³/mol. The molecule has 4 aromatic rings. The number of nitrogens with zero attached hydrogens (tertiary/aromatic N) is 2. The van der Waals surface area contributed by atoms with Gasteiger partial charge in [0.25, 0.3) is 0 Å². The molecule has 0 aliphatic heterocycles. The van der Waals surface area contributed by atoms with Gasteiger partial charge in [-0.1, -0.05) is 91.0 Å². The van der Waals surface area contributed by atoms with Crippen molar-refractivity contribution in [3.63, 3.8) is 0 Å². The van der Waals surface area contributed by atoms with E-state index in [-0.39, 0.29) is 6.42 Å². The molecule has 5 heteroatoms. The number of hydrogen-bond acceptors (Lipinski definition) is 3. The Labute approximate surface area is 175 Å². The first-order valence-electron chi connectivity index (χ1n) is 9.80. The lowest BCUT2D eigenvalue weighted by atomic mass is 9.77. The molecule has 0 unspecified atom stereocenters. The van der Waals surface area contributed by atoms with E-state index in [4.69, 9.17) is 5.73 Å². The molecule has 0 saturated heterocycles. The molecule has 0 radical (unpaired) electrons. The van der Waals surface area contributed by atoms with Crippen molar-refractivity contribution in [1.82, 2.24) is 9.55 Å². The van der Waals surface area contributed by atoms with Crippen LogP contribution in [-0.2, 0) is 16.8 Å². The van der Waals surface area contributed by atoms with Gasteiger partial charge in [-0.3, -0.25) is 4.79 Å². The number of imidazole rings is 1. The van der Waals surface area contributed by atoms with Crippen molar-refractivity contribution >= 4 is 5.97 Å². The number of rotatable bonds is 7. The highest BCUT2D eigenvalue weighted by atomic mass is 16.4. The summed E-state index contributed by atoms with van der Waals surface area (Å²) in [7, 11) is 0. The van der Waals surface area contributed by atoms with Crippen LogP contribution in [-0.4, -0.2) is 26.7 Å². The Morgan fingerprint density at radius 3 is 1.70 bits per heavy atom. The molecule has 0 fully saturated rings. The average molecular weight is 397 g/mol. The molecule has 4 rings (SSSR count). The summed E-state index contributed by atoms with van der Waals surface area (Å²) < 4.78 is 2.05. The fourth-order valence-corrected chi connectivity index (χ4v) is 3.95. The van der Waals surface area contributed by atoms with E-state index in [0.717, 1.165) is 16.7 Å². The van der Waals surface area contributed by atoms with E-state index in [9.17, 15) is 9.90 Å². The normalized spacial score (nSPS) is 12.4. The Morgan fingerprint density at radius 1 is 0.867 bits per heavy atom. The van der Waals surface area contributed by atoms with E-state index >= 15 is 0 Å². The molecule has 1 heterocycles. The van der Waals surface area contributed by atoms with Gasteiger partial charge >= 0.3 is 5.97 Å². The number of carbonyl (C=O) groups is 1. The van der Waals surface area contributed by atoms with Crippen LogP contribution in [0.2, 0.25) is 0 Å². The summed E-state index contributed by atoms with van der Waals surface area (Å²) in [6.45, 7) is 0. The summed E-state index contributed by atoms with van der Waals surface area (Å²) >= 11 is 0. The van der Waals surface area contributed by atoms with Crippen molar-refractivity contribution < 1.29 is 9.90 Å². The second-order valence-corrected chi connectivity index (χ2v) is 7.23. The minimum atomic E-state index is -1.04. The number of benzene rings is 3. The third kappa shape index (κ3) is 3.51. The van der Waals surface area contributed by atoms with Gasteiger partial charge in [0.05, 0.1) is 12.0 Å². The predicted octanol–water partition coefficient (Wildman–Crippen LogP) is 3.68. The Morgan fingerprint density at radius 2 is 1.30 bits per heavy atom. The molecule has 0 bridgehead atoms. The molecule has 0 spiro atoms. The Bertz CT molecular complexity index is 1010. The number of aromatic nitrogens is 2. The lowest BCUT2D eigenvalue weighted by Gasteiger charge is -2.37. The van der Waals surface area contributed by atoms with Crippen LogP contribution in [0.5, 0.6) is 0 Å². The first-order valence-corrected chi connectivity index (χ1v) is 9.80.